The van der Waals surface area contributed by atoms with E-state index in [1.165, 1.54) is 7.05 Å². The maximum absolute atomic E-state index is 13.2. The Balaban J connectivity index is 0.00000288. The second kappa shape index (κ2) is 8.64. The van der Waals surface area contributed by atoms with Crippen molar-refractivity contribution in [1.82, 2.24) is 14.5 Å². The fourth-order valence-electron chi connectivity index (χ4n) is 2.22. The molecule has 0 aliphatic carbocycles. The van der Waals surface area contributed by atoms with Crippen LogP contribution in [0, 0.1) is 5.82 Å². The lowest BCUT2D eigenvalue weighted by atomic mass is 10.3. The fraction of sp³-hybridized carbons (Fsp3) is 0.462. The molecule has 1 aromatic carbocycles. The summed E-state index contributed by atoms with van der Waals surface area (Å²) >= 11 is 11.6. The molecule has 2 rings (SSSR count). The van der Waals surface area contributed by atoms with Crippen molar-refractivity contribution in [3.05, 3.63) is 28.0 Å². The Hall–Kier alpha value is -0.640. The van der Waals surface area contributed by atoms with E-state index in [4.69, 9.17) is 23.2 Å². The second-order valence-electron chi connectivity index (χ2n) is 5.09. The average Bonchev–Trinajstić information content (AvgIpc) is 2.46. The van der Waals surface area contributed by atoms with E-state index in [1.807, 2.05) is 0 Å². The van der Waals surface area contributed by atoms with Crippen molar-refractivity contribution < 1.29 is 17.6 Å². The standard InChI is InChI=1S/C13H16Cl2FN3O3S.ClH/c1-18(8-12(20)19-4-2-17-3-5-19)23(21,22)13-10(14)6-9(16)7-11(13)15;/h6-7,17H,2-5,8H2,1H3;1H. The van der Waals surface area contributed by atoms with Crippen LogP contribution < -0.4 is 5.32 Å². The van der Waals surface area contributed by atoms with E-state index in [0.29, 0.717) is 26.2 Å². The molecule has 1 aliphatic rings. The zero-order valence-corrected chi connectivity index (χ0v) is 15.9. The summed E-state index contributed by atoms with van der Waals surface area (Å²) < 4.78 is 39.2. The molecule has 0 spiro atoms. The molecule has 1 aromatic rings. The summed E-state index contributed by atoms with van der Waals surface area (Å²) in [6, 6.07) is 1.73. The normalized spacial score (nSPS) is 15.3. The fourth-order valence-corrected chi connectivity index (χ4v) is 4.47. The van der Waals surface area contributed by atoms with Gasteiger partial charge in [-0.2, -0.15) is 4.31 Å². The highest BCUT2D eigenvalue weighted by Gasteiger charge is 2.30. The van der Waals surface area contributed by atoms with Crippen molar-refractivity contribution in [2.75, 3.05) is 39.8 Å². The minimum Gasteiger partial charge on any atom is -0.339 e. The van der Waals surface area contributed by atoms with Gasteiger partial charge in [-0.1, -0.05) is 23.2 Å². The third-order valence-corrected chi connectivity index (χ3v) is 6.18. The van der Waals surface area contributed by atoms with Crippen LogP contribution in [0.25, 0.3) is 0 Å². The van der Waals surface area contributed by atoms with Crippen LogP contribution in [0.4, 0.5) is 4.39 Å². The van der Waals surface area contributed by atoms with Crippen molar-refractivity contribution >= 4 is 51.5 Å². The van der Waals surface area contributed by atoms with Gasteiger partial charge in [0.25, 0.3) is 0 Å². The molecular formula is C13H17Cl3FN3O3S. The summed E-state index contributed by atoms with van der Waals surface area (Å²) in [5.74, 6) is -1.05. The van der Waals surface area contributed by atoms with Crippen LogP contribution in [0.1, 0.15) is 0 Å². The van der Waals surface area contributed by atoms with E-state index in [2.05, 4.69) is 5.32 Å². The third kappa shape index (κ3) is 4.71. The molecule has 0 aromatic heterocycles. The maximum atomic E-state index is 13.2. The number of carbonyl (C=O) groups is 1. The Bertz CT molecular complexity index is 689. The number of amides is 1. The van der Waals surface area contributed by atoms with Crippen LogP contribution >= 0.6 is 35.6 Å². The predicted octanol–water partition coefficient (Wildman–Crippen LogP) is 1.61. The van der Waals surface area contributed by atoms with Crippen LogP contribution in [0.3, 0.4) is 0 Å². The molecule has 136 valence electrons. The van der Waals surface area contributed by atoms with Gasteiger partial charge in [0.15, 0.2) is 0 Å². The number of hydrogen-bond acceptors (Lipinski definition) is 4. The van der Waals surface area contributed by atoms with Crippen molar-refractivity contribution in [3.63, 3.8) is 0 Å². The number of piperazine rings is 1. The molecule has 1 aliphatic heterocycles. The van der Waals surface area contributed by atoms with Crippen LogP contribution in [0.5, 0.6) is 0 Å². The molecule has 24 heavy (non-hydrogen) atoms. The van der Waals surface area contributed by atoms with E-state index < -0.39 is 20.7 Å². The first-order valence-electron chi connectivity index (χ1n) is 6.83. The minimum atomic E-state index is -4.11. The van der Waals surface area contributed by atoms with Crippen LogP contribution in [0.2, 0.25) is 10.0 Å². The molecule has 0 radical (unpaired) electrons. The number of rotatable bonds is 4. The van der Waals surface area contributed by atoms with Crippen molar-refractivity contribution in [2.24, 2.45) is 0 Å². The lowest BCUT2D eigenvalue weighted by Crippen LogP contribution is -2.49. The number of sulfonamides is 1. The van der Waals surface area contributed by atoms with Gasteiger partial charge in [0, 0.05) is 33.2 Å². The highest BCUT2D eigenvalue weighted by atomic mass is 35.5. The number of nitrogens with zero attached hydrogens (tertiary/aromatic N) is 2. The number of nitrogens with one attached hydrogen (secondary N) is 1. The number of benzene rings is 1. The molecule has 11 heteroatoms. The Labute approximate surface area is 156 Å². The summed E-state index contributed by atoms with van der Waals surface area (Å²) in [7, 11) is -2.86. The molecule has 0 saturated carbocycles. The lowest BCUT2D eigenvalue weighted by molar-refractivity contribution is -0.131. The number of halogens is 4. The third-order valence-electron chi connectivity index (χ3n) is 3.46. The first kappa shape index (κ1) is 21.4. The lowest BCUT2D eigenvalue weighted by Gasteiger charge is -2.29. The summed E-state index contributed by atoms with van der Waals surface area (Å²) in [5, 5.41) is 2.46. The van der Waals surface area contributed by atoms with Crippen LogP contribution in [-0.4, -0.2) is 63.3 Å². The zero-order chi connectivity index (χ0) is 17.2. The van der Waals surface area contributed by atoms with Gasteiger partial charge in [-0.05, 0) is 12.1 Å². The van der Waals surface area contributed by atoms with Gasteiger partial charge < -0.3 is 10.2 Å². The largest absolute Gasteiger partial charge is 0.339 e. The SMILES string of the molecule is CN(CC(=O)N1CCNCC1)S(=O)(=O)c1c(Cl)cc(F)cc1Cl.Cl. The van der Waals surface area contributed by atoms with Crippen molar-refractivity contribution in [2.45, 2.75) is 4.90 Å². The summed E-state index contributed by atoms with van der Waals surface area (Å²) in [4.78, 5) is 13.4. The minimum absolute atomic E-state index is 0. The van der Waals surface area contributed by atoms with Gasteiger partial charge in [-0.15, -0.1) is 12.4 Å². The topological polar surface area (TPSA) is 69.7 Å². The predicted molar refractivity (Wildman–Crippen MR) is 92.9 cm³/mol. The molecule has 6 nitrogen and oxygen atoms in total. The van der Waals surface area contributed by atoms with Gasteiger partial charge >= 0.3 is 0 Å². The van der Waals surface area contributed by atoms with Gasteiger partial charge in [0.2, 0.25) is 15.9 Å². The van der Waals surface area contributed by atoms with Gasteiger partial charge in [-0.3, -0.25) is 4.79 Å². The smallest absolute Gasteiger partial charge is 0.246 e. The summed E-state index contributed by atoms with van der Waals surface area (Å²) in [6.07, 6.45) is 0. The van der Waals surface area contributed by atoms with E-state index >= 15 is 0 Å². The van der Waals surface area contributed by atoms with Crippen molar-refractivity contribution in [1.29, 1.82) is 0 Å². The molecular weight excluding hydrogens is 404 g/mol. The quantitative estimate of drug-likeness (QED) is 0.803. The Morgan fingerprint density at radius 2 is 1.79 bits per heavy atom. The number of hydrogen-bond donors (Lipinski definition) is 1. The Morgan fingerprint density at radius 3 is 2.29 bits per heavy atom. The second-order valence-corrected chi connectivity index (χ2v) is 7.89. The number of carbonyl (C=O) groups excluding carboxylic acids is 1. The van der Waals surface area contributed by atoms with E-state index in [-0.39, 0.29) is 34.9 Å². The van der Waals surface area contributed by atoms with Gasteiger partial charge in [0.1, 0.15) is 10.7 Å². The molecule has 1 fully saturated rings. The first-order valence-corrected chi connectivity index (χ1v) is 9.02. The number of likely N-dealkylation sites (N-methyl/N-ethyl adjacent to an activating group) is 1. The molecule has 1 saturated heterocycles. The van der Waals surface area contributed by atoms with Gasteiger partial charge in [-0.25, -0.2) is 12.8 Å². The molecule has 0 atom stereocenters. The van der Waals surface area contributed by atoms with Crippen LogP contribution in [0.15, 0.2) is 17.0 Å². The monoisotopic (exact) mass is 419 g/mol. The Morgan fingerprint density at radius 1 is 1.29 bits per heavy atom. The molecule has 0 bridgehead atoms. The molecule has 1 amide bonds. The van der Waals surface area contributed by atoms with Crippen LogP contribution in [-0.2, 0) is 14.8 Å². The maximum Gasteiger partial charge on any atom is 0.246 e. The molecule has 1 heterocycles. The van der Waals surface area contributed by atoms with Gasteiger partial charge in [0.05, 0.1) is 16.6 Å². The average molecular weight is 421 g/mol. The Kier molecular flexibility index (Phi) is 7.71. The highest BCUT2D eigenvalue weighted by molar-refractivity contribution is 7.89. The van der Waals surface area contributed by atoms with E-state index in [9.17, 15) is 17.6 Å². The zero-order valence-electron chi connectivity index (χ0n) is 12.8. The van der Waals surface area contributed by atoms with Crippen molar-refractivity contribution in [3.8, 4) is 0 Å². The van der Waals surface area contributed by atoms with E-state index in [1.54, 1.807) is 4.90 Å². The molecule has 1 N–H and O–H groups in total. The summed E-state index contributed by atoms with van der Waals surface area (Å²) in [6.45, 7) is 2.03. The first-order chi connectivity index (χ1) is 10.7. The summed E-state index contributed by atoms with van der Waals surface area (Å²) in [5.41, 5.74) is 0. The highest BCUT2D eigenvalue weighted by Crippen LogP contribution is 2.32. The molecule has 0 unspecified atom stereocenters. The van der Waals surface area contributed by atoms with E-state index in [0.717, 1.165) is 16.4 Å².